The van der Waals surface area contributed by atoms with Crippen molar-refractivity contribution in [1.82, 2.24) is 9.55 Å². The topological polar surface area (TPSA) is 39.1 Å². The molecule has 0 bridgehead atoms. The molecule has 3 aromatic carbocycles. The second-order valence-electron chi connectivity index (χ2n) is 7.04. The summed E-state index contributed by atoms with van der Waals surface area (Å²) in [4.78, 5) is 4.86. The van der Waals surface area contributed by atoms with Crippen molar-refractivity contribution in [3.05, 3.63) is 88.9 Å². The number of hydrogen-bond acceptors (Lipinski definition) is 3. The van der Waals surface area contributed by atoms with E-state index in [2.05, 4.69) is 52.3 Å². The van der Waals surface area contributed by atoms with Crippen LogP contribution in [0.15, 0.2) is 72.8 Å². The number of imidazole rings is 1. The Bertz CT molecular complexity index is 1140. The fourth-order valence-corrected chi connectivity index (χ4v) is 4.25. The average Bonchev–Trinajstić information content (AvgIpc) is 3.12. The summed E-state index contributed by atoms with van der Waals surface area (Å²) in [6.07, 6.45) is 0.884. The van der Waals surface area contributed by atoms with Gasteiger partial charge in [-0.15, -0.1) is 0 Å². The molecule has 2 heterocycles. The van der Waals surface area contributed by atoms with Gasteiger partial charge in [-0.05, 0) is 42.3 Å². The van der Waals surface area contributed by atoms with Gasteiger partial charge in [-0.25, -0.2) is 4.98 Å². The highest BCUT2D eigenvalue weighted by molar-refractivity contribution is 6.30. The Hall–Kier alpha value is -2.98. The van der Waals surface area contributed by atoms with E-state index in [9.17, 15) is 0 Å². The van der Waals surface area contributed by atoms with E-state index in [1.807, 2.05) is 30.3 Å². The first-order valence-electron chi connectivity index (χ1n) is 9.36. The summed E-state index contributed by atoms with van der Waals surface area (Å²) in [5.74, 6) is 1.77. The maximum atomic E-state index is 6.10. The predicted molar refractivity (Wildman–Crippen MR) is 113 cm³/mol. The van der Waals surface area contributed by atoms with Crippen molar-refractivity contribution >= 4 is 28.6 Å². The van der Waals surface area contributed by atoms with Crippen molar-refractivity contribution in [3.8, 4) is 5.75 Å². The van der Waals surface area contributed by atoms with Crippen molar-refractivity contribution < 1.29 is 4.74 Å². The fourth-order valence-electron chi connectivity index (χ4n) is 4.13. The highest BCUT2D eigenvalue weighted by Gasteiger charge is 2.32. The number of rotatable bonds is 3. The van der Waals surface area contributed by atoms with Crippen LogP contribution in [0.2, 0.25) is 5.02 Å². The van der Waals surface area contributed by atoms with E-state index in [1.165, 1.54) is 5.56 Å². The molecule has 0 aliphatic carbocycles. The Morgan fingerprint density at radius 1 is 1.00 bits per heavy atom. The van der Waals surface area contributed by atoms with Crippen molar-refractivity contribution in [1.29, 1.82) is 0 Å². The Morgan fingerprint density at radius 2 is 1.75 bits per heavy atom. The van der Waals surface area contributed by atoms with Crippen molar-refractivity contribution in [2.45, 2.75) is 18.5 Å². The molecule has 4 nitrogen and oxygen atoms in total. The maximum absolute atomic E-state index is 6.10. The second-order valence-corrected chi connectivity index (χ2v) is 7.47. The first kappa shape index (κ1) is 17.1. The molecule has 5 heteroatoms. The van der Waals surface area contributed by atoms with Gasteiger partial charge in [0.05, 0.1) is 30.2 Å². The van der Waals surface area contributed by atoms with Crippen LogP contribution < -0.4 is 10.1 Å². The van der Waals surface area contributed by atoms with Crippen LogP contribution in [-0.4, -0.2) is 16.7 Å². The van der Waals surface area contributed by atoms with Crippen molar-refractivity contribution in [2.24, 2.45) is 0 Å². The Kier molecular flexibility index (Phi) is 4.21. The molecular weight excluding hydrogens is 370 g/mol. The number of anilines is 1. The third kappa shape index (κ3) is 2.81. The minimum atomic E-state index is 0.112. The molecule has 0 unspecified atom stereocenters. The Morgan fingerprint density at radius 3 is 2.57 bits per heavy atom. The van der Waals surface area contributed by atoms with Crippen LogP contribution in [0.25, 0.3) is 11.0 Å². The largest absolute Gasteiger partial charge is 0.496 e. The van der Waals surface area contributed by atoms with Crippen LogP contribution >= 0.6 is 11.6 Å². The van der Waals surface area contributed by atoms with E-state index >= 15 is 0 Å². The SMILES string of the molecule is COc1ccccc1[C@@H]1C[C@H](c2ccc(Cl)cc2)Nc2nc3ccccc3n21. The normalized spacial score (nSPS) is 18.5. The highest BCUT2D eigenvalue weighted by Crippen LogP contribution is 2.43. The second kappa shape index (κ2) is 6.88. The number of halogens is 1. The molecule has 2 atom stereocenters. The van der Waals surface area contributed by atoms with Crippen LogP contribution in [0, 0.1) is 0 Å². The third-order valence-corrected chi connectivity index (χ3v) is 5.69. The number of aromatic nitrogens is 2. The summed E-state index contributed by atoms with van der Waals surface area (Å²) < 4.78 is 7.98. The third-order valence-electron chi connectivity index (χ3n) is 5.44. The molecule has 0 fully saturated rings. The molecule has 1 aliphatic heterocycles. The molecule has 28 heavy (non-hydrogen) atoms. The van der Waals surface area contributed by atoms with E-state index in [-0.39, 0.29) is 12.1 Å². The van der Waals surface area contributed by atoms with E-state index in [1.54, 1.807) is 7.11 Å². The molecule has 5 rings (SSSR count). The van der Waals surface area contributed by atoms with Gasteiger partial charge in [-0.3, -0.25) is 0 Å². The smallest absolute Gasteiger partial charge is 0.204 e. The molecule has 0 saturated carbocycles. The molecule has 1 N–H and O–H groups in total. The number of benzene rings is 3. The predicted octanol–water partition coefficient (Wildman–Crippen LogP) is 5.84. The van der Waals surface area contributed by atoms with Gasteiger partial charge in [0.15, 0.2) is 0 Å². The van der Waals surface area contributed by atoms with Crippen molar-refractivity contribution in [2.75, 3.05) is 12.4 Å². The molecule has 1 aliphatic rings. The number of para-hydroxylation sites is 3. The number of nitrogens with one attached hydrogen (secondary N) is 1. The van der Waals surface area contributed by atoms with Crippen LogP contribution in [0.5, 0.6) is 5.75 Å². The lowest BCUT2D eigenvalue weighted by Crippen LogP contribution is -2.27. The Labute approximate surface area is 168 Å². The van der Waals surface area contributed by atoms with Crippen LogP contribution in [0.1, 0.15) is 29.6 Å². The van der Waals surface area contributed by atoms with Crippen LogP contribution in [0.4, 0.5) is 5.95 Å². The van der Waals surface area contributed by atoms with E-state index in [0.717, 1.165) is 39.7 Å². The van der Waals surface area contributed by atoms with Crippen LogP contribution in [-0.2, 0) is 0 Å². The van der Waals surface area contributed by atoms with Gasteiger partial charge >= 0.3 is 0 Å². The van der Waals surface area contributed by atoms with Gasteiger partial charge < -0.3 is 14.6 Å². The summed E-state index contributed by atoms with van der Waals surface area (Å²) >= 11 is 6.10. The van der Waals surface area contributed by atoms with Crippen LogP contribution in [0.3, 0.4) is 0 Å². The first-order chi connectivity index (χ1) is 13.7. The lowest BCUT2D eigenvalue weighted by Gasteiger charge is -2.34. The molecule has 1 aromatic heterocycles. The number of nitrogens with zero attached hydrogens (tertiary/aromatic N) is 2. The minimum Gasteiger partial charge on any atom is -0.496 e. The number of methoxy groups -OCH3 is 1. The lowest BCUT2D eigenvalue weighted by atomic mass is 9.92. The quantitative estimate of drug-likeness (QED) is 0.478. The molecule has 0 spiro atoms. The zero-order chi connectivity index (χ0) is 19.1. The summed E-state index contributed by atoms with van der Waals surface area (Å²) in [7, 11) is 1.73. The summed E-state index contributed by atoms with van der Waals surface area (Å²) in [5.41, 5.74) is 4.47. The van der Waals surface area contributed by atoms with E-state index < -0.39 is 0 Å². The maximum Gasteiger partial charge on any atom is 0.204 e. The zero-order valence-electron chi connectivity index (χ0n) is 15.5. The average molecular weight is 390 g/mol. The monoisotopic (exact) mass is 389 g/mol. The number of hydrogen-bond donors (Lipinski definition) is 1. The standard InChI is InChI=1S/C23H20ClN3O/c1-28-22-9-5-2-6-17(22)21-14-19(15-10-12-16(24)13-11-15)26-23-25-18-7-3-4-8-20(18)27(21)23/h2-13,19,21H,14H2,1H3,(H,25,26)/t19-,21+/m1/s1. The van der Waals surface area contributed by atoms with Gasteiger partial charge in [0.25, 0.3) is 0 Å². The first-order valence-corrected chi connectivity index (χ1v) is 9.74. The van der Waals surface area contributed by atoms with Gasteiger partial charge in [0.1, 0.15) is 5.75 Å². The molecule has 0 amide bonds. The minimum absolute atomic E-state index is 0.112. The molecular formula is C23H20ClN3O. The summed E-state index contributed by atoms with van der Waals surface area (Å²) in [6.45, 7) is 0. The van der Waals surface area contributed by atoms with Gasteiger partial charge in [-0.1, -0.05) is 54.1 Å². The molecule has 140 valence electrons. The Balaban J connectivity index is 1.68. The lowest BCUT2D eigenvalue weighted by molar-refractivity contribution is 0.392. The zero-order valence-corrected chi connectivity index (χ0v) is 16.2. The molecule has 0 radical (unpaired) electrons. The molecule has 0 saturated heterocycles. The highest BCUT2D eigenvalue weighted by atomic mass is 35.5. The van der Waals surface area contributed by atoms with Gasteiger partial charge in [-0.2, -0.15) is 0 Å². The summed E-state index contributed by atoms with van der Waals surface area (Å²) in [6, 6.07) is 24.8. The fraction of sp³-hybridized carbons (Fsp3) is 0.174. The van der Waals surface area contributed by atoms with Crippen molar-refractivity contribution in [3.63, 3.8) is 0 Å². The number of fused-ring (bicyclic) bond motifs is 3. The molecule has 4 aromatic rings. The summed E-state index contributed by atoms with van der Waals surface area (Å²) in [5, 5.41) is 4.37. The van der Waals surface area contributed by atoms with E-state index in [4.69, 9.17) is 21.3 Å². The van der Waals surface area contributed by atoms with E-state index in [0.29, 0.717) is 0 Å². The van der Waals surface area contributed by atoms with Gasteiger partial charge in [0.2, 0.25) is 5.95 Å². The van der Waals surface area contributed by atoms with Gasteiger partial charge in [0, 0.05) is 10.6 Å². The number of ether oxygens (including phenoxy) is 1.